The lowest BCUT2D eigenvalue weighted by atomic mass is 10.1. The van der Waals surface area contributed by atoms with Crippen LogP contribution in [0.25, 0.3) is 0 Å². The standard InChI is InChI=1S/C15H31NS2/c1-14-12-16(13-15(2)18-14)10-8-6-4-3-5-7-9-11-17/h14-15,17H,3-13H2,1-2H3. The molecule has 1 fully saturated rings. The largest absolute Gasteiger partial charge is 0.301 e. The summed E-state index contributed by atoms with van der Waals surface area (Å²) in [6, 6.07) is 0. The van der Waals surface area contributed by atoms with Gasteiger partial charge in [0.15, 0.2) is 0 Å². The van der Waals surface area contributed by atoms with E-state index in [1.165, 1.54) is 64.6 Å². The molecule has 1 saturated heterocycles. The predicted molar refractivity (Wildman–Crippen MR) is 89.1 cm³/mol. The number of thioether (sulfide) groups is 1. The Morgan fingerprint density at radius 2 is 1.39 bits per heavy atom. The summed E-state index contributed by atoms with van der Waals surface area (Å²) in [5.41, 5.74) is 0. The van der Waals surface area contributed by atoms with Gasteiger partial charge in [-0.2, -0.15) is 24.4 Å². The molecule has 1 aliphatic heterocycles. The van der Waals surface area contributed by atoms with Gasteiger partial charge in [-0.25, -0.2) is 0 Å². The third-order valence-electron chi connectivity index (χ3n) is 3.63. The van der Waals surface area contributed by atoms with Crippen LogP contribution in [0, 0.1) is 0 Å². The van der Waals surface area contributed by atoms with Crippen LogP contribution in [0.2, 0.25) is 0 Å². The lowest BCUT2D eigenvalue weighted by Gasteiger charge is -2.34. The molecule has 0 amide bonds. The molecule has 1 rings (SSSR count). The Hall–Kier alpha value is 0.660. The monoisotopic (exact) mass is 289 g/mol. The van der Waals surface area contributed by atoms with Crippen LogP contribution in [0.15, 0.2) is 0 Å². The topological polar surface area (TPSA) is 3.24 Å². The highest BCUT2D eigenvalue weighted by Gasteiger charge is 2.21. The maximum absolute atomic E-state index is 4.24. The summed E-state index contributed by atoms with van der Waals surface area (Å²) < 4.78 is 0. The van der Waals surface area contributed by atoms with Crippen LogP contribution >= 0.6 is 24.4 Å². The van der Waals surface area contributed by atoms with E-state index in [-0.39, 0.29) is 0 Å². The minimum atomic E-state index is 0.829. The number of thiol groups is 1. The summed E-state index contributed by atoms with van der Waals surface area (Å²) in [6.07, 6.45) is 9.77. The van der Waals surface area contributed by atoms with Crippen molar-refractivity contribution in [3.05, 3.63) is 0 Å². The molecule has 0 aromatic carbocycles. The van der Waals surface area contributed by atoms with Crippen molar-refractivity contribution < 1.29 is 0 Å². The summed E-state index contributed by atoms with van der Waals surface area (Å²) in [7, 11) is 0. The molecule has 18 heavy (non-hydrogen) atoms. The summed E-state index contributed by atoms with van der Waals surface area (Å²) in [6.45, 7) is 8.67. The SMILES string of the molecule is CC1CN(CCCCCCCCCS)CC(C)S1. The van der Waals surface area contributed by atoms with Gasteiger partial charge in [-0.05, 0) is 25.1 Å². The molecule has 0 N–H and O–H groups in total. The minimum Gasteiger partial charge on any atom is -0.301 e. The van der Waals surface area contributed by atoms with E-state index in [1.807, 2.05) is 0 Å². The first kappa shape index (κ1) is 16.7. The van der Waals surface area contributed by atoms with E-state index >= 15 is 0 Å². The average Bonchev–Trinajstić information content (AvgIpc) is 2.31. The van der Waals surface area contributed by atoms with E-state index in [0.29, 0.717) is 0 Å². The van der Waals surface area contributed by atoms with E-state index in [1.54, 1.807) is 0 Å². The molecule has 0 aromatic heterocycles. The number of nitrogens with zero attached hydrogens (tertiary/aromatic N) is 1. The number of rotatable bonds is 9. The quantitative estimate of drug-likeness (QED) is 0.493. The lowest BCUT2D eigenvalue weighted by molar-refractivity contribution is 0.264. The lowest BCUT2D eigenvalue weighted by Crippen LogP contribution is -2.40. The molecule has 0 radical (unpaired) electrons. The molecular weight excluding hydrogens is 258 g/mol. The Bertz CT molecular complexity index is 189. The third-order valence-corrected chi connectivity index (χ3v) is 5.17. The fraction of sp³-hybridized carbons (Fsp3) is 1.00. The Kier molecular flexibility index (Phi) is 9.70. The van der Waals surface area contributed by atoms with Gasteiger partial charge in [-0.15, -0.1) is 0 Å². The van der Waals surface area contributed by atoms with Gasteiger partial charge in [0, 0.05) is 23.6 Å². The fourth-order valence-electron chi connectivity index (χ4n) is 2.80. The van der Waals surface area contributed by atoms with Crippen LogP contribution < -0.4 is 0 Å². The van der Waals surface area contributed by atoms with Crippen LogP contribution in [-0.4, -0.2) is 40.8 Å². The molecule has 2 atom stereocenters. The van der Waals surface area contributed by atoms with Crippen LogP contribution in [0.4, 0.5) is 0 Å². The zero-order chi connectivity index (χ0) is 13.2. The van der Waals surface area contributed by atoms with Crippen molar-refractivity contribution in [1.82, 2.24) is 4.90 Å². The Labute approximate surface area is 124 Å². The highest BCUT2D eigenvalue weighted by Crippen LogP contribution is 2.24. The summed E-state index contributed by atoms with van der Waals surface area (Å²) in [5, 5.41) is 1.66. The van der Waals surface area contributed by atoms with E-state index in [9.17, 15) is 0 Å². The van der Waals surface area contributed by atoms with E-state index in [0.717, 1.165) is 16.3 Å². The van der Waals surface area contributed by atoms with Crippen molar-refractivity contribution in [3.8, 4) is 0 Å². The summed E-state index contributed by atoms with van der Waals surface area (Å²) in [4.78, 5) is 2.67. The Balaban J connectivity index is 1.91. The second-order valence-corrected chi connectivity index (χ2v) is 8.04. The number of hydrogen-bond donors (Lipinski definition) is 1. The predicted octanol–water partition coefficient (Wildman–Crippen LogP) is 4.47. The molecule has 1 nitrogen and oxygen atoms in total. The first-order valence-electron chi connectivity index (χ1n) is 7.71. The van der Waals surface area contributed by atoms with E-state index in [2.05, 4.69) is 43.1 Å². The summed E-state index contributed by atoms with van der Waals surface area (Å²) in [5.74, 6) is 1.06. The zero-order valence-corrected chi connectivity index (χ0v) is 13.9. The van der Waals surface area contributed by atoms with Crippen molar-refractivity contribution in [1.29, 1.82) is 0 Å². The molecule has 0 aromatic rings. The molecule has 1 heterocycles. The van der Waals surface area contributed by atoms with Crippen LogP contribution in [0.3, 0.4) is 0 Å². The maximum atomic E-state index is 4.24. The van der Waals surface area contributed by atoms with Crippen molar-refractivity contribution in [2.75, 3.05) is 25.4 Å². The molecular formula is C15H31NS2. The highest BCUT2D eigenvalue weighted by atomic mass is 32.2. The van der Waals surface area contributed by atoms with Crippen molar-refractivity contribution >= 4 is 24.4 Å². The first-order valence-corrected chi connectivity index (χ1v) is 9.28. The van der Waals surface area contributed by atoms with Gasteiger partial charge >= 0.3 is 0 Å². The molecule has 0 spiro atoms. The van der Waals surface area contributed by atoms with Crippen LogP contribution in [0.1, 0.15) is 58.8 Å². The molecule has 0 aliphatic carbocycles. The van der Waals surface area contributed by atoms with Gasteiger partial charge < -0.3 is 4.90 Å². The van der Waals surface area contributed by atoms with Crippen molar-refractivity contribution in [2.24, 2.45) is 0 Å². The van der Waals surface area contributed by atoms with Crippen LogP contribution in [-0.2, 0) is 0 Å². The molecule has 108 valence electrons. The number of hydrogen-bond acceptors (Lipinski definition) is 3. The molecule has 3 heteroatoms. The zero-order valence-electron chi connectivity index (χ0n) is 12.2. The molecule has 0 bridgehead atoms. The van der Waals surface area contributed by atoms with E-state index < -0.39 is 0 Å². The first-order chi connectivity index (χ1) is 8.72. The van der Waals surface area contributed by atoms with Gasteiger partial charge in [0.2, 0.25) is 0 Å². The average molecular weight is 290 g/mol. The third kappa shape index (κ3) is 7.96. The fourth-order valence-corrected chi connectivity index (χ4v) is 4.41. The van der Waals surface area contributed by atoms with E-state index in [4.69, 9.17) is 0 Å². The van der Waals surface area contributed by atoms with Crippen LogP contribution in [0.5, 0.6) is 0 Å². The second-order valence-electron chi connectivity index (χ2n) is 5.72. The maximum Gasteiger partial charge on any atom is 0.0149 e. The van der Waals surface area contributed by atoms with Crippen molar-refractivity contribution in [3.63, 3.8) is 0 Å². The Morgan fingerprint density at radius 1 is 0.889 bits per heavy atom. The normalized spacial score (nSPS) is 25.5. The molecule has 2 unspecified atom stereocenters. The second kappa shape index (κ2) is 10.4. The highest BCUT2D eigenvalue weighted by molar-refractivity contribution is 8.00. The minimum absolute atomic E-state index is 0.829. The van der Waals surface area contributed by atoms with Crippen molar-refractivity contribution in [2.45, 2.75) is 69.3 Å². The van der Waals surface area contributed by atoms with Gasteiger partial charge in [0.05, 0.1) is 0 Å². The van der Waals surface area contributed by atoms with Gasteiger partial charge in [0.25, 0.3) is 0 Å². The Morgan fingerprint density at radius 3 is 1.94 bits per heavy atom. The van der Waals surface area contributed by atoms with Gasteiger partial charge in [0.1, 0.15) is 0 Å². The summed E-state index contributed by atoms with van der Waals surface area (Å²) >= 11 is 6.40. The molecule has 0 saturated carbocycles. The van der Waals surface area contributed by atoms with Gasteiger partial charge in [-0.3, -0.25) is 0 Å². The molecule has 1 aliphatic rings. The number of unbranched alkanes of at least 4 members (excludes halogenated alkanes) is 6. The smallest absolute Gasteiger partial charge is 0.0149 e. The van der Waals surface area contributed by atoms with Gasteiger partial charge in [-0.1, -0.05) is 46.0 Å².